The van der Waals surface area contributed by atoms with Crippen molar-refractivity contribution in [3.8, 4) is 11.1 Å². The van der Waals surface area contributed by atoms with Crippen LogP contribution in [0, 0.1) is 25.1 Å². The number of carboxylic acid groups (broad SMARTS) is 1. The third-order valence-corrected chi connectivity index (χ3v) is 6.78. The molecule has 3 nitrogen and oxygen atoms in total. The number of likely N-dealkylation sites (tertiary alicyclic amines) is 1. The van der Waals surface area contributed by atoms with Crippen molar-refractivity contribution in [2.24, 2.45) is 5.41 Å². The maximum absolute atomic E-state index is 13.5. The number of halogens is 1. The molecule has 0 amide bonds. The van der Waals surface area contributed by atoms with Crippen LogP contribution in [0.3, 0.4) is 0 Å². The maximum Gasteiger partial charge on any atom is 0.310 e. The van der Waals surface area contributed by atoms with Crippen LogP contribution in [0.25, 0.3) is 11.1 Å². The molecule has 3 aromatic rings. The fourth-order valence-corrected chi connectivity index (χ4v) is 4.92. The van der Waals surface area contributed by atoms with Gasteiger partial charge in [0, 0.05) is 6.54 Å². The van der Waals surface area contributed by atoms with Gasteiger partial charge in [0.1, 0.15) is 5.82 Å². The highest BCUT2D eigenvalue weighted by molar-refractivity contribution is 5.77. The molecule has 4 rings (SSSR count). The Bertz CT molecular complexity index is 1120. The van der Waals surface area contributed by atoms with Crippen molar-refractivity contribution < 1.29 is 14.3 Å². The van der Waals surface area contributed by atoms with Gasteiger partial charge in [0.15, 0.2) is 0 Å². The lowest BCUT2D eigenvalue weighted by Crippen LogP contribution is -2.45. The summed E-state index contributed by atoms with van der Waals surface area (Å²) >= 11 is 0. The normalized spacial score (nSPS) is 16.1. The molecule has 1 heterocycles. The van der Waals surface area contributed by atoms with E-state index in [0.29, 0.717) is 38.9 Å². The van der Waals surface area contributed by atoms with Gasteiger partial charge in [-0.3, -0.25) is 9.69 Å². The molecule has 1 aliphatic heterocycles. The van der Waals surface area contributed by atoms with Crippen molar-refractivity contribution in [1.29, 1.82) is 0 Å². The number of benzene rings is 3. The summed E-state index contributed by atoms with van der Waals surface area (Å²) in [6, 6.07) is 21.2. The van der Waals surface area contributed by atoms with E-state index in [1.807, 2.05) is 18.2 Å². The van der Waals surface area contributed by atoms with Crippen molar-refractivity contribution in [1.82, 2.24) is 4.90 Å². The van der Waals surface area contributed by atoms with Gasteiger partial charge in [-0.1, -0.05) is 60.2 Å². The predicted octanol–water partition coefficient (Wildman–Crippen LogP) is 6.02. The second kappa shape index (κ2) is 9.25. The third kappa shape index (κ3) is 4.76. The number of nitrogens with zero attached hydrogens (tertiary/aromatic N) is 1. The largest absolute Gasteiger partial charge is 0.481 e. The average molecular weight is 432 g/mol. The Balaban J connectivity index is 1.54. The topological polar surface area (TPSA) is 40.5 Å². The molecule has 1 aliphatic rings. The molecule has 0 radical (unpaired) electrons. The van der Waals surface area contributed by atoms with E-state index in [1.54, 1.807) is 12.1 Å². The van der Waals surface area contributed by atoms with Crippen LogP contribution in [0.15, 0.2) is 66.7 Å². The highest BCUT2D eigenvalue weighted by atomic mass is 19.1. The Kier molecular flexibility index (Phi) is 6.43. The molecule has 1 fully saturated rings. The van der Waals surface area contributed by atoms with Crippen LogP contribution >= 0.6 is 0 Å². The van der Waals surface area contributed by atoms with Crippen LogP contribution in [0.1, 0.15) is 35.1 Å². The number of hydrogen-bond donors (Lipinski definition) is 1. The van der Waals surface area contributed by atoms with Gasteiger partial charge < -0.3 is 5.11 Å². The van der Waals surface area contributed by atoms with Crippen LogP contribution < -0.4 is 0 Å². The number of piperidine rings is 1. The molecule has 0 unspecified atom stereocenters. The van der Waals surface area contributed by atoms with Crippen LogP contribution in [-0.4, -0.2) is 29.1 Å². The zero-order valence-corrected chi connectivity index (χ0v) is 18.8. The molecule has 3 aromatic carbocycles. The Morgan fingerprint density at radius 2 is 1.72 bits per heavy atom. The SMILES string of the molecule is Cc1ccc(-c2ccccc2CC2(C(=O)O)CCN(Cc3cccc(F)c3)CC2)c(C)c1. The fourth-order valence-electron chi connectivity index (χ4n) is 4.92. The van der Waals surface area contributed by atoms with Crippen molar-refractivity contribution >= 4 is 5.97 Å². The third-order valence-electron chi connectivity index (χ3n) is 6.78. The van der Waals surface area contributed by atoms with E-state index in [1.165, 1.54) is 17.2 Å². The highest BCUT2D eigenvalue weighted by Gasteiger charge is 2.42. The lowest BCUT2D eigenvalue weighted by atomic mass is 9.72. The van der Waals surface area contributed by atoms with Gasteiger partial charge in [0.25, 0.3) is 0 Å². The lowest BCUT2D eigenvalue weighted by molar-refractivity contribution is -0.152. The summed E-state index contributed by atoms with van der Waals surface area (Å²) in [5, 5.41) is 10.2. The molecule has 0 aliphatic carbocycles. The first kappa shape index (κ1) is 22.2. The number of carboxylic acids is 1. The monoisotopic (exact) mass is 431 g/mol. The van der Waals surface area contributed by atoms with Gasteiger partial charge in [0.05, 0.1) is 5.41 Å². The van der Waals surface area contributed by atoms with E-state index < -0.39 is 11.4 Å². The predicted molar refractivity (Wildman–Crippen MR) is 126 cm³/mol. The van der Waals surface area contributed by atoms with Gasteiger partial charge >= 0.3 is 5.97 Å². The molecule has 166 valence electrons. The van der Waals surface area contributed by atoms with Crippen LogP contribution in [0.4, 0.5) is 4.39 Å². The molecule has 4 heteroatoms. The Morgan fingerprint density at radius 3 is 2.41 bits per heavy atom. The summed E-state index contributed by atoms with van der Waals surface area (Å²) in [5.74, 6) is -0.958. The summed E-state index contributed by atoms with van der Waals surface area (Å²) in [7, 11) is 0. The molecular weight excluding hydrogens is 401 g/mol. The van der Waals surface area contributed by atoms with Gasteiger partial charge in [-0.15, -0.1) is 0 Å². The molecule has 0 saturated carbocycles. The molecule has 0 aromatic heterocycles. The van der Waals surface area contributed by atoms with E-state index in [9.17, 15) is 14.3 Å². The first-order chi connectivity index (χ1) is 15.4. The highest BCUT2D eigenvalue weighted by Crippen LogP contribution is 2.39. The Labute approximate surface area is 189 Å². The van der Waals surface area contributed by atoms with Crippen molar-refractivity contribution in [3.63, 3.8) is 0 Å². The van der Waals surface area contributed by atoms with Gasteiger partial charge in [-0.25, -0.2) is 4.39 Å². The van der Waals surface area contributed by atoms with E-state index >= 15 is 0 Å². The molecule has 0 bridgehead atoms. The van der Waals surface area contributed by atoms with E-state index in [2.05, 4.69) is 49.1 Å². The fraction of sp³-hybridized carbons (Fsp3) is 0.321. The molecule has 1 saturated heterocycles. The number of aliphatic carboxylic acids is 1. The number of rotatable bonds is 6. The van der Waals surface area contributed by atoms with Gasteiger partial charge in [-0.05, 0) is 86.1 Å². The molecule has 0 spiro atoms. The summed E-state index contributed by atoms with van der Waals surface area (Å²) in [5.41, 5.74) is 5.92. The van der Waals surface area contributed by atoms with Crippen LogP contribution in [-0.2, 0) is 17.8 Å². The van der Waals surface area contributed by atoms with Crippen LogP contribution in [0.2, 0.25) is 0 Å². The van der Waals surface area contributed by atoms with E-state index in [4.69, 9.17) is 0 Å². The minimum absolute atomic E-state index is 0.234. The van der Waals surface area contributed by atoms with Crippen LogP contribution in [0.5, 0.6) is 0 Å². The average Bonchev–Trinajstić information content (AvgIpc) is 2.76. The number of hydrogen-bond acceptors (Lipinski definition) is 2. The van der Waals surface area contributed by atoms with Gasteiger partial charge in [-0.2, -0.15) is 0 Å². The number of aryl methyl sites for hydroxylation is 2. The lowest BCUT2D eigenvalue weighted by Gasteiger charge is -2.39. The zero-order chi connectivity index (χ0) is 22.7. The summed E-state index contributed by atoms with van der Waals surface area (Å²) < 4.78 is 13.5. The Morgan fingerprint density at radius 1 is 0.969 bits per heavy atom. The minimum Gasteiger partial charge on any atom is -0.481 e. The standard InChI is InChI=1S/C28H30FNO2/c1-20-10-11-25(21(2)16-20)26-9-4-3-7-23(26)18-28(27(31)32)12-14-30(15-13-28)19-22-6-5-8-24(29)17-22/h3-11,16-17H,12-15,18-19H2,1-2H3,(H,31,32). The molecule has 32 heavy (non-hydrogen) atoms. The first-order valence-corrected chi connectivity index (χ1v) is 11.2. The summed E-state index contributed by atoms with van der Waals surface area (Å²) in [4.78, 5) is 14.7. The van der Waals surface area contributed by atoms with E-state index in [-0.39, 0.29) is 5.82 Å². The maximum atomic E-state index is 13.5. The summed E-state index contributed by atoms with van der Waals surface area (Å²) in [6.45, 7) is 6.21. The van der Waals surface area contributed by atoms with Crippen molar-refractivity contribution in [3.05, 3.63) is 94.8 Å². The molecular formula is C28H30FNO2. The number of carbonyl (C=O) groups is 1. The smallest absolute Gasteiger partial charge is 0.310 e. The van der Waals surface area contributed by atoms with E-state index in [0.717, 1.165) is 22.3 Å². The first-order valence-electron chi connectivity index (χ1n) is 11.2. The second-order valence-corrected chi connectivity index (χ2v) is 9.14. The zero-order valence-electron chi connectivity index (χ0n) is 18.8. The van der Waals surface area contributed by atoms with Crippen molar-refractivity contribution in [2.75, 3.05) is 13.1 Å². The second-order valence-electron chi connectivity index (χ2n) is 9.14. The Hall–Kier alpha value is -2.98. The van der Waals surface area contributed by atoms with Gasteiger partial charge in [0.2, 0.25) is 0 Å². The molecule has 1 N–H and O–H groups in total. The quantitative estimate of drug-likeness (QED) is 0.519. The summed E-state index contributed by atoms with van der Waals surface area (Å²) in [6.07, 6.45) is 1.68. The van der Waals surface area contributed by atoms with Crippen molar-refractivity contribution in [2.45, 2.75) is 39.7 Å². The molecule has 0 atom stereocenters. The minimum atomic E-state index is -0.785.